The molecule has 1 aromatic heterocycles. The first-order valence-corrected chi connectivity index (χ1v) is 8.81. The highest BCUT2D eigenvalue weighted by Crippen LogP contribution is 2.22. The minimum Gasteiger partial charge on any atom is -0.384 e. The van der Waals surface area contributed by atoms with Crippen LogP contribution in [0, 0.1) is 0 Å². The number of rotatable bonds is 5. The van der Waals surface area contributed by atoms with Crippen molar-refractivity contribution in [2.75, 3.05) is 32.4 Å². The summed E-state index contributed by atoms with van der Waals surface area (Å²) in [6.45, 7) is 5.17. The molecule has 6 nitrogen and oxygen atoms in total. The van der Waals surface area contributed by atoms with Crippen molar-refractivity contribution in [1.29, 1.82) is 0 Å². The molecule has 0 aromatic carbocycles. The second-order valence-electron chi connectivity index (χ2n) is 5.51. The first kappa shape index (κ1) is 16.2. The third-order valence-electron chi connectivity index (χ3n) is 4.05. The largest absolute Gasteiger partial charge is 0.384 e. The second kappa shape index (κ2) is 6.72. The Balaban J connectivity index is 2.05. The van der Waals surface area contributed by atoms with E-state index in [-0.39, 0.29) is 10.9 Å². The lowest BCUT2D eigenvalue weighted by molar-refractivity contribution is 0.170. The molecule has 2 heterocycles. The van der Waals surface area contributed by atoms with Crippen molar-refractivity contribution in [2.45, 2.75) is 37.1 Å². The van der Waals surface area contributed by atoms with Crippen LogP contribution < -0.4 is 5.73 Å². The Morgan fingerprint density at radius 3 is 2.57 bits per heavy atom. The molecule has 0 amide bonds. The van der Waals surface area contributed by atoms with Crippen LogP contribution in [-0.4, -0.2) is 55.3 Å². The standard InChI is InChI=1S/C14H24N4O2S/c1-3-8-18-9-6-12(7-10-18)17(2)21(19,20)13-4-5-14(15)16-11-13/h4-5,11-12H,3,6-10H2,1-2H3,(H2,15,16). The van der Waals surface area contributed by atoms with E-state index in [9.17, 15) is 8.42 Å². The molecular formula is C14H24N4O2S. The second-order valence-corrected chi connectivity index (χ2v) is 7.51. The molecule has 0 unspecified atom stereocenters. The average molecular weight is 312 g/mol. The summed E-state index contributed by atoms with van der Waals surface area (Å²) in [5.74, 6) is 0.324. The molecule has 2 rings (SSSR count). The zero-order valence-corrected chi connectivity index (χ0v) is 13.5. The molecule has 118 valence electrons. The molecule has 0 radical (unpaired) electrons. The maximum absolute atomic E-state index is 12.6. The number of piperidine rings is 1. The van der Waals surface area contributed by atoms with Gasteiger partial charge in [0.2, 0.25) is 10.0 Å². The molecule has 1 aliphatic rings. The van der Waals surface area contributed by atoms with Gasteiger partial charge in [0.15, 0.2) is 0 Å². The van der Waals surface area contributed by atoms with E-state index in [1.54, 1.807) is 7.05 Å². The molecule has 1 aliphatic heterocycles. The topological polar surface area (TPSA) is 79.5 Å². The van der Waals surface area contributed by atoms with Gasteiger partial charge in [-0.15, -0.1) is 0 Å². The van der Waals surface area contributed by atoms with Crippen LogP contribution >= 0.6 is 0 Å². The predicted molar refractivity (Wildman–Crippen MR) is 83.4 cm³/mol. The van der Waals surface area contributed by atoms with Crippen LogP contribution in [0.15, 0.2) is 23.2 Å². The van der Waals surface area contributed by atoms with Crippen LogP contribution in [0.25, 0.3) is 0 Å². The van der Waals surface area contributed by atoms with Crippen molar-refractivity contribution in [3.63, 3.8) is 0 Å². The third kappa shape index (κ3) is 3.72. The Kier molecular flexibility index (Phi) is 5.18. The SMILES string of the molecule is CCCN1CCC(N(C)S(=O)(=O)c2ccc(N)nc2)CC1. The van der Waals surface area contributed by atoms with Crippen molar-refractivity contribution in [3.05, 3.63) is 18.3 Å². The fraction of sp³-hybridized carbons (Fsp3) is 0.643. The van der Waals surface area contributed by atoms with Crippen LogP contribution in [0.4, 0.5) is 5.82 Å². The van der Waals surface area contributed by atoms with Crippen molar-refractivity contribution < 1.29 is 8.42 Å². The number of pyridine rings is 1. The summed E-state index contributed by atoms with van der Waals surface area (Å²) in [6.07, 6.45) is 4.21. The van der Waals surface area contributed by atoms with E-state index in [2.05, 4.69) is 16.8 Å². The van der Waals surface area contributed by atoms with Gasteiger partial charge in [-0.3, -0.25) is 0 Å². The van der Waals surface area contributed by atoms with Gasteiger partial charge in [-0.05, 0) is 51.0 Å². The van der Waals surface area contributed by atoms with E-state index >= 15 is 0 Å². The third-order valence-corrected chi connectivity index (χ3v) is 5.94. The Morgan fingerprint density at radius 2 is 2.05 bits per heavy atom. The molecule has 2 N–H and O–H groups in total. The van der Waals surface area contributed by atoms with Gasteiger partial charge in [0.1, 0.15) is 10.7 Å². The van der Waals surface area contributed by atoms with Gasteiger partial charge in [-0.25, -0.2) is 13.4 Å². The Morgan fingerprint density at radius 1 is 1.38 bits per heavy atom. The minimum atomic E-state index is -3.49. The predicted octanol–water partition coefficient (Wildman–Crippen LogP) is 1.16. The molecule has 1 aromatic rings. The summed E-state index contributed by atoms with van der Waals surface area (Å²) >= 11 is 0. The fourth-order valence-electron chi connectivity index (χ4n) is 2.73. The molecular weight excluding hydrogens is 288 g/mol. The minimum absolute atomic E-state index is 0.0562. The van der Waals surface area contributed by atoms with Crippen LogP contribution in [0.3, 0.4) is 0 Å². The highest BCUT2D eigenvalue weighted by molar-refractivity contribution is 7.89. The summed E-state index contributed by atoms with van der Waals surface area (Å²) in [4.78, 5) is 6.47. The van der Waals surface area contributed by atoms with E-state index in [1.165, 1.54) is 22.6 Å². The van der Waals surface area contributed by atoms with E-state index < -0.39 is 10.0 Å². The summed E-state index contributed by atoms with van der Waals surface area (Å²) in [7, 11) is -1.83. The van der Waals surface area contributed by atoms with Gasteiger partial charge in [0, 0.05) is 19.3 Å². The molecule has 0 aliphatic carbocycles. The number of aromatic nitrogens is 1. The molecule has 21 heavy (non-hydrogen) atoms. The van der Waals surface area contributed by atoms with Gasteiger partial charge in [0.05, 0.1) is 0 Å². The zero-order valence-electron chi connectivity index (χ0n) is 12.7. The molecule has 0 bridgehead atoms. The van der Waals surface area contributed by atoms with Crippen LogP contribution in [0.1, 0.15) is 26.2 Å². The van der Waals surface area contributed by atoms with Crippen molar-refractivity contribution >= 4 is 15.8 Å². The smallest absolute Gasteiger partial charge is 0.244 e. The van der Waals surface area contributed by atoms with Crippen LogP contribution in [0.2, 0.25) is 0 Å². The van der Waals surface area contributed by atoms with Gasteiger partial charge < -0.3 is 10.6 Å². The molecule has 1 saturated heterocycles. The summed E-state index contributed by atoms with van der Waals surface area (Å²) in [5, 5.41) is 0. The number of hydrogen-bond acceptors (Lipinski definition) is 5. The zero-order chi connectivity index (χ0) is 15.5. The van der Waals surface area contributed by atoms with E-state index in [0.717, 1.165) is 38.9 Å². The Labute approximate surface area is 127 Å². The maximum atomic E-state index is 12.6. The van der Waals surface area contributed by atoms with Crippen molar-refractivity contribution in [1.82, 2.24) is 14.2 Å². The van der Waals surface area contributed by atoms with Gasteiger partial charge in [-0.2, -0.15) is 4.31 Å². The fourth-order valence-corrected chi connectivity index (χ4v) is 4.09. The van der Waals surface area contributed by atoms with Gasteiger partial charge in [-0.1, -0.05) is 6.92 Å². The molecule has 0 spiro atoms. The number of nitrogen functional groups attached to an aromatic ring is 1. The lowest BCUT2D eigenvalue weighted by Gasteiger charge is -2.36. The van der Waals surface area contributed by atoms with Crippen molar-refractivity contribution in [3.8, 4) is 0 Å². The van der Waals surface area contributed by atoms with Crippen molar-refractivity contribution in [2.24, 2.45) is 0 Å². The molecule has 0 atom stereocenters. The Bertz CT molecular complexity index is 551. The first-order valence-electron chi connectivity index (χ1n) is 7.37. The van der Waals surface area contributed by atoms with E-state index in [1.807, 2.05) is 0 Å². The molecule has 7 heteroatoms. The van der Waals surface area contributed by atoms with Gasteiger partial charge in [0.25, 0.3) is 0 Å². The van der Waals surface area contributed by atoms with Crippen LogP contribution in [0.5, 0.6) is 0 Å². The number of sulfonamides is 1. The average Bonchev–Trinajstić information content (AvgIpc) is 2.48. The van der Waals surface area contributed by atoms with Crippen LogP contribution in [-0.2, 0) is 10.0 Å². The maximum Gasteiger partial charge on any atom is 0.244 e. The number of anilines is 1. The highest BCUT2D eigenvalue weighted by atomic mass is 32.2. The number of likely N-dealkylation sites (tertiary alicyclic amines) is 1. The number of nitrogens with zero attached hydrogens (tertiary/aromatic N) is 3. The van der Waals surface area contributed by atoms with E-state index in [0.29, 0.717) is 5.82 Å². The normalized spacial score (nSPS) is 18.2. The van der Waals surface area contributed by atoms with E-state index in [4.69, 9.17) is 5.73 Å². The summed E-state index contributed by atoms with van der Waals surface area (Å²) in [5.41, 5.74) is 5.51. The molecule has 1 fully saturated rings. The first-order chi connectivity index (χ1) is 9.95. The monoisotopic (exact) mass is 312 g/mol. The lowest BCUT2D eigenvalue weighted by atomic mass is 10.1. The summed E-state index contributed by atoms with van der Waals surface area (Å²) in [6, 6.07) is 3.09. The lowest BCUT2D eigenvalue weighted by Crippen LogP contribution is -2.45. The molecule has 0 saturated carbocycles. The number of nitrogens with two attached hydrogens (primary N) is 1. The highest BCUT2D eigenvalue weighted by Gasteiger charge is 2.30. The van der Waals surface area contributed by atoms with Gasteiger partial charge >= 0.3 is 0 Å². The quantitative estimate of drug-likeness (QED) is 0.882. The number of hydrogen-bond donors (Lipinski definition) is 1. The Hall–Kier alpha value is -1.18. The summed E-state index contributed by atoms with van der Waals surface area (Å²) < 4.78 is 26.7.